The van der Waals surface area contributed by atoms with Gasteiger partial charge in [-0.25, -0.2) is 0 Å². The molecule has 1 saturated heterocycles. The Kier molecular flexibility index (Phi) is 5.99. The molecule has 0 unspecified atom stereocenters. The van der Waals surface area contributed by atoms with Gasteiger partial charge in [0.05, 0.1) is 5.56 Å². The smallest absolute Gasteiger partial charge is 0.304 e. The van der Waals surface area contributed by atoms with Crippen LogP contribution in [-0.2, 0) is 12.6 Å². The van der Waals surface area contributed by atoms with Gasteiger partial charge in [0.15, 0.2) is 0 Å². The van der Waals surface area contributed by atoms with Crippen molar-refractivity contribution in [1.82, 2.24) is 9.80 Å². The van der Waals surface area contributed by atoms with E-state index in [0.717, 1.165) is 57.2 Å². The zero-order valence-electron chi connectivity index (χ0n) is 15.1. The van der Waals surface area contributed by atoms with Gasteiger partial charge in [-0.1, -0.05) is 36.4 Å². The molecule has 0 spiro atoms. The number of nitrogens with zero attached hydrogens (tertiary/aromatic N) is 2. The number of rotatable bonds is 5. The normalized spacial score (nSPS) is 16.8. The molecule has 0 N–H and O–H groups in total. The lowest BCUT2D eigenvalue weighted by molar-refractivity contribution is -0.137. The highest BCUT2D eigenvalue weighted by atomic mass is 19.4. The number of hydrogen-bond donors (Lipinski definition) is 0. The third kappa shape index (κ3) is 5.08. The molecule has 2 aromatic carbocycles. The van der Waals surface area contributed by atoms with E-state index in [2.05, 4.69) is 16.8 Å². The minimum atomic E-state index is -4.31. The molecule has 1 aliphatic heterocycles. The van der Waals surface area contributed by atoms with Crippen LogP contribution in [0.3, 0.4) is 0 Å². The summed E-state index contributed by atoms with van der Waals surface area (Å²) in [4.78, 5) is 4.85. The van der Waals surface area contributed by atoms with E-state index in [1.807, 2.05) is 24.3 Å². The molecule has 0 radical (unpaired) electrons. The molecular weight excluding hydrogens is 337 g/mol. The monoisotopic (exact) mass is 362 g/mol. The van der Waals surface area contributed by atoms with E-state index in [-0.39, 0.29) is 0 Å². The zero-order valence-corrected chi connectivity index (χ0v) is 15.1. The maximum atomic E-state index is 12.9. The fourth-order valence-electron chi connectivity index (χ4n) is 3.32. The van der Waals surface area contributed by atoms with Crippen LogP contribution in [0.2, 0.25) is 0 Å². The van der Waals surface area contributed by atoms with Crippen LogP contribution in [0.5, 0.6) is 0 Å². The summed E-state index contributed by atoms with van der Waals surface area (Å²) in [5.74, 6) is 0. The second-order valence-electron chi connectivity index (χ2n) is 7.02. The summed E-state index contributed by atoms with van der Waals surface area (Å²) in [5.41, 5.74) is 2.05. The van der Waals surface area contributed by atoms with Crippen LogP contribution in [0, 0.1) is 0 Å². The lowest BCUT2D eigenvalue weighted by Gasteiger charge is -2.32. The average molecular weight is 362 g/mol. The summed E-state index contributed by atoms with van der Waals surface area (Å²) in [6.45, 7) is 5.62. The Hall–Kier alpha value is -1.85. The summed E-state index contributed by atoms with van der Waals surface area (Å²) < 4.78 is 38.6. The molecule has 0 bridgehead atoms. The Balaban J connectivity index is 1.55. The minimum Gasteiger partial charge on any atom is -0.304 e. The third-order valence-electron chi connectivity index (χ3n) is 5.01. The van der Waals surface area contributed by atoms with Crippen LogP contribution >= 0.6 is 0 Å². The van der Waals surface area contributed by atoms with Crippen molar-refractivity contribution in [2.45, 2.75) is 19.0 Å². The van der Waals surface area contributed by atoms with Crippen molar-refractivity contribution in [3.05, 3.63) is 59.7 Å². The number of hydrogen-bond acceptors (Lipinski definition) is 2. The van der Waals surface area contributed by atoms with Gasteiger partial charge in [0.25, 0.3) is 0 Å². The van der Waals surface area contributed by atoms with Crippen molar-refractivity contribution in [1.29, 1.82) is 0 Å². The first-order valence-electron chi connectivity index (χ1n) is 9.09. The lowest BCUT2D eigenvalue weighted by atomic mass is 10.0. The molecule has 0 atom stereocenters. The zero-order chi connectivity index (χ0) is 18.6. The molecule has 3 rings (SSSR count). The number of likely N-dealkylation sites (N-methyl/N-ethyl adjacent to an activating group) is 1. The fourth-order valence-corrected chi connectivity index (χ4v) is 3.32. The predicted molar refractivity (Wildman–Crippen MR) is 99.1 cm³/mol. The third-order valence-corrected chi connectivity index (χ3v) is 5.01. The maximum Gasteiger partial charge on any atom is 0.416 e. The molecule has 140 valence electrons. The Labute approximate surface area is 153 Å². The molecule has 2 nitrogen and oxygen atoms in total. The Morgan fingerprint density at radius 2 is 1.58 bits per heavy atom. The van der Waals surface area contributed by atoms with Gasteiger partial charge in [-0.2, -0.15) is 13.2 Å². The van der Waals surface area contributed by atoms with Crippen LogP contribution in [0.15, 0.2) is 48.5 Å². The fraction of sp³-hybridized carbons (Fsp3) is 0.429. The standard InChI is InChI=1S/C21H25F3N2/c1-25-12-14-26(15-13-25)11-3-4-17-7-9-18(10-8-17)19-5-2-6-20(16-19)21(22,23)24/h2,5-10,16H,3-4,11-15H2,1H3. The van der Waals surface area contributed by atoms with E-state index in [0.29, 0.717) is 5.56 Å². The Morgan fingerprint density at radius 3 is 2.23 bits per heavy atom. The first-order chi connectivity index (χ1) is 12.4. The van der Waals surface area contributed by atoms with Crippen molar-refractivity contribution in [3.63, 3.8) is 0 Å². The first-order valence-corrected chi connectivity index (χ1v) is 9.09. The second-order valence-corrected chi connectivity index (χ2v) is 7.02. The van der Waals surface area contributed by atoms with Gasteiger partial charge < -0.3 is 9.80 Å². The molecule has 1 fully saturated rings. The topological polar surface area (TPSA) is 6.48 Å². The van der Waals surface area contributed by atoms with E-state index in [9.17, 15) is 13.2 Å². The lowest BCUT2D eigenvalue weighted by Crippen LogP contribution is -2.44. The van der Waals surface area contributed by atoms with Gasteiger partial charge in [-0.15, -0.1) is 0 Å². The number of piperazine rings is 1. The van der Waals surface area contributed by atoms with Crippen LogP contribution in [0.4, 0.5) is 13.2 Å². The quantitative estimate of drug-likeness (QED) is 0.770. The minimum absolute atomic E-state index is 0.601. The number of halogens is 3. The highest BCUT2D eigenvalue weighted by Gasteiger charge is 2.30. The van der Waals surface area contributed by atoms with Crippen LogP contribution in [0.25, 0.3) is 11.1 Å². The van der Waals surface area contributed by atoms with Crippen molar-refractivity contribution in [2.24, 2.45) is 0 Å². The molecule has 1 heterocycles. The molecule has 26 heavy (non-hydrogen) atoms. The summed E-state index contributed by atoms with van der Waals surface area (Å²) >= 11 is 0. The van der Waals surface area contributed by atoms with Crippen LogP contribution in [-0.4, -0.2) is 49.6 Å². The molecule has 0 amide bonds. The first kappa shape index (κ1) is 18.9. The van der Waals surface area contributed by atoms with Gasteiger partial charge in [0.1, 0.15) is 0 Å². The summed E-state index contributed by atoms with van der Waals surface area (Å²) in [6, 6.07) is 13.4. The summed E-state index contributed by atoms with van der Waals surface area (Å²) in [7, 11) is 2.16. The van der Waals surface area contributed by atoms with Crippen LogP contribution in [0.1, 0.15) is 17.5 Å². The molecular formula is C21H25F3N2. The van der Waals surface area contributed by atoms with Crippen molar-refractivity contribution < 1.29 is 13.2 Å². The van der Waals surface area contributed by atoms with E-state index < -0.39 is 11.7 Å². The van der Waals surface area contributed by atoms with Crippen molar-refractivity contribution >= 4 is 0 Å². The molecule has 0 aromatic heterocycles. The SMILES string of the molecule is CN1CCN(CCCc2ccc(-c3cccc(C(F)(F)F)c3)cc2)CC1. The number of alkyl halides is 3. The van der Waals surface area contributed by atoms with Gasteiger partial charge in [0.2, 0.25) is 0 Å². The number of aryl methyl sites for hydroxylation is 1. The Morgan fingerprint density at radius 1 is 0.885 bits per heavy atom. The predicted octanol–water partition coefficient (Wildman–Crippen LogP) is 4.55. The molecule has 1 aliphatic rings. The second kappa shape index (κ2) is 8.23. The summed E-state index contributed by atoms with van der Waals surface area (Å²) in [5, 5.41) is 0. The van der Waals surface area contributed by atoms with Crippen molar-refractivity contribution in [2.75, 3.05) is 39.8 Å². The van der Waals surface area contributed by atoms with E-state index >= 15 is 0 Å². The number of benzene rings is 2. The average Bonchev–Trinajstić information content (AvgIpc) is 2.63. The van der Waals surface area contributed by atoms with Gasteiger partial charge in [-0.3, -0.25) is 0 Å². The summed E-state index contributed by atoms with van der Waals surface area (Å²) in [6.07, 6.45) is -2.21. The molecule has 2 aromatic rings. The Bertz CT molecular complexity index is 702. The van der Waals surface area contributed by atoms with E-state index in [4.69, 9.17) is 0 Å². The maximum absolute atomic E-state index is 12.9. The molecule has 5 heteroatoms. The van der Waals surface area contributed by atoms with E-state index in [1.165, 1.54) is 17.7 Å². The van der Waals surface area contributed by atoms with E-state index in [1.54, 1.807) is 6.07 Å². The highest BCUT2D eigenvalue weighted by molar-refractivity contribution is 5.64. The van der Waals surface area contributed by atoms with Gasteiger partial charge >= 0.3 is 6.18 Å². The largest absolute Gasteiger partial charge is 0.416 e. The van der Waals surface area contributed by atoms with Crippen molar-refractivity contribution in [3.8, 4) is 11.1 Å². The van der Waals surface area contributed by atoms with Gasteiger partial charge in [-0.05, 0) is 55.3 Å². The molecule has 0 aliphatic carbocycles. The molecule has 0 saturated carbocycles. The van der Waals surface area contributed by atoms with Crippen LogP contribution < -0.4 is 0 Å². The highest BCUT2D eigenvalue weighted by Crippen LogP contribution is 2.32. The van der Waals surface area contributed by atoms with Gasteiger partial charge in [0, 0.05) is 26.2 Å².